The van der Waals surface area contributed by atoms with Crippen molar-refractivity contribution in [3.05, 3.63) is 65.4 Å². The third kappa shape index (κ3) is 6.21. The fraction of sp³-hybridized carbons (Fsp3) is 0.190. The molecule has 0 spiro atoms. The molecule has 2 aromatic rings. The number of hydrogen-bond donors (Lipinski definition) is 3. The van der Waals surface area contributed by atoms with Crippen molar-refractivity contribution in [3.63, 3.8) is 0 Å². The highest BCUT2D eigenvalue weighted by Gasteiger charge is 2.12. The maximum absolute atomic E-state index is 12.5. The number of nitrogens with one attached hydrogen (secondary N) is 2. The Morgan fingerprint density at radius 1 is 1.18 bits per heavy atom. The third-order valence-electron chi connectivity index (χ3n) is 3.76. The molecule has 0 saturated carbocycles. The second kappa shape index (κ2) is 10.2. The minimum atomic E-state index is -0.470. The molecule has 146 valence electrons. The molecule has 7 heteroatoms. The summed E-state index contributed by atoms with van der Waals surface area (Å²) in [5.74, 6) is 0.136. The van der Waals surface area contributed by atoms with Crippen LogP contribution < -0.4 is 15.4 Å². The van der Waals surface area contributed by atoms with E-state index in [4.69, 9.17) is 17.0 Å². The Morgan fingerprint density at radius 2 is 1.86 bits per heavy atom. The Bertz CT molecular complexity index is 901. The lowest BCUT2D eigenvalue weighted by atomic mass is 10.2. The first-order valence-electron chi connectivity index (χ1n) is 8.75. The van der Waals surface area contributed by atoms with Crippen LogP contribution in [0.4, 0.5) is 11.4 Å². The van der Waals surface area contributed by atoms with E-state index in [1.807, 2.05) is 56.3 Å². The molecule has 0 saturated heterocycles. The van der Waals surface area contributed by atoms with E-state index in [0.29, 0.717) is 12.3 Å². The Hall–Kier alpha value is -3.19. The number of aliphatic hydroxyl groups excluding tert-OH is 1. The summed E-state index contributed by atoms with van der Waals surface area (Å²) in [6.45, 7) is 5.81. The number of ether oxygens (including phenoxy) is 1. The first-order valence-corrected chi connectivity index (χ1v) is 9.16. The van der Waals surface area contributed by atoms with Crippen molar-refractivity contribution in [2.45, 2.75) is 20.8 Å². The first kappa shape index (κ1) is 21.1. The van der Waals surface area contributed by atoms with Gasteiger partial charge < -0.3 is 20.5 Å². The Balaban J connectivity index is 2.03. The van der Waals surface area contributed by atoms with Crippen molar-refractivity contribution in [2.24, 2.45) is 4.99 Å². The summed E-state index contributed by atoms with van der Waals surface area (Å²) in [4.78, 5) is 16.5. The Morgan fingerprint density at radius 3 is 2.46 bits per heavy atom. The highest BCUT2D eigenvalue weighted by molar-refractivity contribution is 7.80. The van der Waals surface area contributed by atoms with Crippen LogP contribution >= 0.6 is 12.2 Å². The number of aliphatic imine (C=N–C) groups is 1. The molecule has 3 N–H and O–H groups in total. The molecule has 2 rings (SSSR count). The number of nitrogens with zero attached hydrogens (tertiary/aromatic N) is 1. The molecular formula is C21H23N3O3S. The number of carbonyl (C=O) groups excluding carboxylic acids is 1. The SMILES string of the molecule is CCOc1ccc(NC(=S)/N=C/C(C(=O)Nc2ccccc2C)=C(\C)O)cc1. The summed E-state index contributed by atoms with van der Waals surface area (Å²) >= 11 is 5.19. The van der Waals surface area contributed by atoms with Crippen LogP contribution in [-0.4, -0.2) is 28.9 Å². The normalized spacial score (nSPS) is 11.7. The van der Waals surface area contributed by atoms with Crippen LogP contribution in [0.15, 0.2) is 64.9 Å². The second-order valence-corrected chi connectivity index (χ2v) is 6.30. The van der Waals surface area contributed by atoms with E-state index < -0.39 is 5.91 Å². The van der Waals surface area contributed by atoms with Crippen LogP contribution in [0, 0.1) is 6.92 Å². The van der Waals surface area contributed by atoms with Crippen molar-refractivity contribution in [2.75, 3.05) is 17.2 Å². The fourth-order valence-electron chi connectivity index (χ4n) is 2.30. The molecule has 0 aliphatic heterocycles. The van der Waals surface area contributed by atoms with Gasteiger partial charge in [0.15, 0.2) is 5.11 Å². The molecule has 0 radical (unpaired) electrons. The van der Waals surface area contributed by atoms with Gasteiger partial charge in [-0.1, -0.05) is 18.2 Å². The number of aliphatic hydroxyl groups is 1. The lowest BCUT2D eigenvalue weighted by Gasteiger charge is -2.09. The number of carbonyl (C=O) groups is 1. The predicted molar refractivity (Wildman–Crippen MR) is 117 cm³/mol. The highest BCUT2D eigenvalue weighted by Crippen LogP contribution is 2.16. The first-order chi connectivity index (χ1) is 13.4. The molecule has 1 amide bonds. The van der Waals surface area contributed by atoms with Crippen LogP contribution in [0.5, 0.6) is 5.75 Å². The fourth-order valence-corrected chi connectivity index (χ4v) is 2.47. The number of para-hydroxylation sites is 1. The van der Waals surface area contributed by atoms with Gasteiger partial charge in [-0.15, -0.1) is 0 Å². The van der Waals surface area contributed by atoms with Crippen molar-refractivity contribution < 1.29 is 14.6 Å². The molecular weight excluding hydrogens is 374 g/mol. The van der Waals surface area contributed by atoms with Gasteiger partial charge in [0, 0.05) is 17.6 Å². The van der Waals surface area contributed by atoms with E-state index in [0.717, 1.165) is 17.0 Å². The van der Waals surface area contributed by atoms with Gasteiger partial charge in [-0.05, 0) is 68.9 Å². The van der Waals surface area contributed by atoms with E-state index in [-0.39, 0.29) is 16.4 Å². The van der Waals surface area contributed by atoms with Crippen LogP contribution in [0.2, 0.25) is 0 Å². The smallest absolute Gasteiger partial charge is 0.260 e. The molecule has 0 aromatic heterocycles. The van der Waals surface area contributed by atoms with Crippen molar-refractivity contribution >= 4 is 40.8 Å². The molecule has 6 nitrogen and oxygen atoms in total. The van der Waals surface area contributed by atoms with Gasteiger partial charge in [0.05, 0.1) is 12.2 Å². The molecule has 0 atom stereocenters. The van der Waals surface area contributed by atoms with Gasteiger partial charge in [0.2, 0.25) is 0 Å². The topological polar surface area (TPSA) is 83.0 Å². The average Bonchev–Trinajstić information content (AvgIpc) is 2.65. The number of allylic oxidation sites excluding steroid dienone is 1. The number of benzene rings is 2. The lowest BCUT2D eigenvalue weighted by molar-refractivity contribution is -0.112. The minimum absolute atomic E-state index is 0.0269. The van der Waals surface area contributed by atoms with Crippen LogP contribution in [0.25, 0.3) is 0 Å². The number of hydrogen-bond acceptors (Lipinski definition) is 4. The van der Waals surface area contributed by atoms with Gasteiger partial charge in [-0.25, -0.2) is 4.99 Å². The van der Waals surface area contributed by atoms with E-state index in [2.05, 4.69) is 15.6 Å². The standard InChI is InChI=1S/C21H23N3O3S/c1-4-27-17-11-9-16(10-12-17)23-21(28)22-13-18(15(3)25)20(26)24-19-8-6-5-7-14(19)2/h5-13,25H,4H2,1-3H3,(H,23,28)(H,24,26)/b18-15-,22-13+. The van der Waals surface area contributed by atoms with Crippen LogP contribution in [0.1, 0.15) is 19.4 Å². The van der Waals surface area contributed by atoms with Gasteiger partial charge in [0.1, 0.15) is 11.5 Å². The van der Waals surface area contributed by atoms with E-state index in [9.17, 15) is 9.90 Å². The molecule has 0 unspecified atom stereocenters. The summed E-state index contributed by atoms with van der Waals surface area (Å²) in [5.41, 5.74) is 2.34. The third-order valence-corrected chi connectivity index (χ3v) is 3.96. The van der Waals surface area contributed by atoms with Gasteiger partial charge in [0.25, 0.3) is 5.91 Å². The highest BCUT2D eigenvalue weighted by atomic mass is 32.1. The average molecular weight is 398 g/mol. The number of anilines is 2. The number of thiocarbonyl (C=S) groups is 1. The Kier molecular flexibility index (Phi) is 7.71. The summed E-state index contributed by atoms with van der Waals surface area (Å²) in [7, 11) is 0. The lowest BCUT2D eigenvalue weighted by Crippen LogP contribution is -2.18. The van der Waals surface area contributed by atoms with Crippen molar-refractivity contribution in [1.82, 2.24) is 0 Å². The summed E-state index contributed by atoms with van der Waals surface area (Å²) in [6, 6.07) is 14.6. The quantitative estimate of drug-likeness (QED) is 0.286. The molecule has 0 fully saturated rings. The van der Waals surface area contributed by atoms with E-state index in [1.54, 1.807) is 6.07 Å². The van der Waals surface area contributed by atoms with E-state index in [1.165, 1.54) is 13.1 Å². The van der Waals surface area contributed by atoms with Gasteiger partial charge >= 0.3 is 0 Å². The zero-order valence-electron chi connectivity index (χ0n) is 16.0. The van der Waals surface area contributed by atoms with E-state index >= 15 is 0 Å². The predicted octanol–water partition coefficient (Wildman–Crippen LogP) is 4.63. The summed E-state index contributed by atoms with van der Waals surface area (Å²) in [6.07, 6.45) is 1.24. The molecule has 0 bridgehead atoms. The maximum atomic E-state index is 12.5. The maximum Gasteiger partial charge on any atom is 0.260 e. The second-order valence-electron chi connectivity index (χ2n) is 5.91. The van der Waals surface area contributed by atoms with Gasteiger partial charge in [-0.3, -0.25) is 4.79 Å². The number of aryl methyl sites for hydroxylation is 1. The summed E-state index contributed by atoms with van der Waals surface area (Å²) in [5, 5.41) is 15.7. The number of amides is 1. The molecule has 0 heterocycles. The van der Waals surface area contributed by atoms with Crippen LogP contribution in [0.3, 0.4) is 0 Å². The Labute approximate surface area is 170 Å². The summed E-state index contributed by atoms with van der Waals surface area (Å²) < 4.78 is 5.39. The monoisotopic (exact) mass is 397 g/mol. The molecule has 0 aliphatic carbocycles. The zero-order chi connectivity index (χ0) is 20.5. The molecule has 2 aromatic carbocycles. The van der Waals surface area contributed by atoms with Gasteiger partial charge in [-0.2, -0.15) is 0 Å². The largest absolute Gasteiger partial charge is 0.512 e. The van der Waals surface area contributed by atoms with Crippen molar-refractivity contribution in [3.8, 4) is 5.75 Å². The minimum Gasteiger partial charge on any atom is -0.512 e. The van der Waals surface area contributed by atoms with Crippen molar-refractivity contribution in [1.29, 1.82) is 0 Å². The number of rotatable bonds is 6. The van der Waals surface area contributed by atoms with Crippen LogP contribution in [-0.2, 0) is 4.79 Å². The zero-order valence-corrected chi connectivity index (χ0v) is 16.8. The molecule has 28 heavy (non-hydrogen) atoms. The molecule has 0 aliphatic rings.